The molecule has 130 valence electrons. The number of aryl methyl sites for hydroxylation is 1. The van der Waals surface area contributed by atoms with Crippen LogP contribution in [-0.2, 0) is 9.59 Å². The Morgan fingerprint density at radius 1 is 1.29 bits per heavy atom. The van der Waals surface area contributed by atoms with Crippen molar-refractivity contribution < 1.29 is 9.59 Å². The van der Waals surface area contributed by atoms with Gasteiger partial charge in [0, 0.05) is 45.0 Å². The number of hydrogen-bond acceptors (Lipinski definition) is 3. The van der Waals surface area contributed by atoms with Crippen LogP contribution in [0.3, 0.4) is 0 Å². The van der Waals surface area contributed by atoms with Gasteiger partial charge in [-0.15, -0.1) is 0 Å². The van der Waals surface area contributed by atoms with Crippen LogP contribution in [0.25, 0.3) is 0 Å². The number of aromatic nitrogens is 2. The summed E-state index contributed by atoms with van der Waals surface area (Å²) in [5.74, 6) is 1.88. The van der Waals surface area contributed by atoms with Crippen LogP contribution < -0.4 is 0 Å². The normalized spacial score (nSPS) is 27.8. The van der Waals surface area contributed by atoms with Crippen molar-refractivity contribution in [2.45, 2.75) is 45.1 Å². The summed E-state index contributed by atoms with van der Waals surface area (Å²) in [5, 5.41) is 0. The second kappa shape index (κ2) is 6.22. The lowest BCUT2D eigenvalue weighted by atomic mass is 10.0. The van der Waals surface area contributed by atoms with Crippen LogP contribution in [0.5, 0.6) is 0 Å². The molecule has 3 fully saturated rings. The van der Waals surface area contributed by atoms with Crippen molar-refractivity contribution in [2.24, 2.45) is 11.8 Å². The first kappa shape index (κ1) is 15.7. The molecule has 1 saturated carbocycles. The highest BCUT2D eigenvalue weighted by atomic mass is 16.2. The predicted molar refractivity (Wildman–Crippen MR) is 89.2 cm³/mol. The van der Waals surface area contributed by atoms with E-state index in [2.05, 4.69) is 9.55 Å². The molecule has 2 atom stereocenters. The molecule has 1 aliphatic carbocycles. The van der Waals surface area contributed by atoms with Crippen LogP contribution in [0, 0.1) is 18.8 Å². The van der Waals surface area contributed by atoms with Gasteiger partial charge in [-0.2, -0.15) is 0 Å². The van der Waals surface area contributed by atoms with Gasteiger partial charge >= 0.3 is 0 Å². The van der Waals surface area contributed by atoms with Crippen molar-refractivity contribution >= 4 is 11.8 Å². The third-order valence-electron chi connectivity index (χ3n) is 5.70. The first-order chi connectivity index (χ1) is 11.6. The van der Waals surface area contributed by atoms with Gasteiger partial charge in [0.1, 0.15) is 5.82 Å². The third-order valence-corrected chi connectivity index (χ3v) is 5.70. The van der Waals surface area contributed by atoms with Crippen LogP contribution in [0.4, 0.5) is 0 Å². The zero-order chi connectivity index (χ0) is 16.7. The summed E-state index contributed by atoms with van der Waals surface area (Å²) in [4.78, 5) is 33.3. The Balaban J connectivity index is 1.39. The average molecular weight is 330 g/mol. The third kappa shape index (κ3) is 3.06. The topological polar surface area (TPSA) is 58.4 Å². The Kier molecular flexibility index (Phi) is 4.06. The Hall–Kier alpha value is -1.85. The van der Waals surface area contributed by atoms with Crippen molar-refractivity contribution in [3.8, 4) is 0 Å². The molecule has 3 heterocycles. The van der Waals surface area contributed by atoms with Gasteiger partial charge in [0.15, 0.2) is 0 Å². The van der Waals surface area contributed by atoms with Gasteiger partial charge in [-0.1, -0.05) is 0 Å². The monoisotopic (exact) mass is 330 g/mol. The fourth-order valence-electron chi connectivity index (χ4n) is 4.14. The van der Waals surface area contributed by atoms with Crippen molar-refractivity contribution in [2.75, 3.05) is 26.2 Å². The van der Waals surface area contributed by atoms with E-state index in [1.807, 2.05) is 29.1 Å². The summed E-state index contributed by atoms with van der Waals surface area (Å²) in [7, 11) is 0. The summed E-state index contributed by atoms with van der Waals surface area (Å²) in [5.41, 5.74) is 0. The zero-order valence-electron chi connectivity index (χ0n) is 14.4. The Morgan fingerprint density at radius 3 is 2.83 bits per heavy atom. The Bertz CT molecular complexity index is 637. The lowest BCUT2D eigenvalue weighted by molar-refractivity contribution is -0.137. The molecular formula is C18H26N4O2. The van der Waals surface area contributed by atoms with Crippen molar-refractivity contribution in [3.05, 3.63) is 18.2 Å². The largest absolute Gasteiger partial charge is 0.342 e. The lowest BCUT2D eigenvalue weighted by Gasteiger charge is -2.35. The average Bonchev–Trinajstić information content (AvgIpc) is 3.18. The van der Waals surface area contributed by atoms with Gasteiger partial charge in [-0.25, -0.2) is 4.98 Å². The molecule has 6 heteroatoms. The van der Waals surface area contributed by atoms with E-state index in [-0.39, 0.29) is 17.7 Å². The molecule has 0 bridgehead atoms. The van der Waals surface area contributed by atoms with Gasteiger partial charge in [0.05, 0.1) is 12.0 Å². The molecule has 0 N–H and O–H groups in total. The summed E-state index contributed by atoms with van der Waals surface area (Å²) in [6.07, 6.45) is 8.79. The molecule has 1 aromatic heterocycles. The molecule has 1 aromatic rings. The molecule has 0 unspecified atom stereocenters. The lowest BCUT2D eigenvalue weighted by Crippen LogP contribution is -2.44. The van der Waals surface area contributed by atoms with Crippen LogP contribution in [-0.4, -0.2) is 57.3 Å². The maximum atomic E-state index is 12.9. The number of carbonyl (C=O) groups excluding carboxylic acids is 2. The molecule has 4 rings (SSSR count). The maximum absolute atomic E-state index is 12.9. The minimum Gasteiger partial charge on any atom is -0.342 e. The summed E-state index contributed by atoms with van der Waals surface area (Å²) < 4.78 is 2.18. The van der Waals surface area contributed by atoms with E-state index in [0.717, 1.165) is 38.3 Å². The number of likely N-dealkylation sites (tertiary alicyclic amines) is 2. The molecule has 0 aromatic carbocycles. The number of piperidine rings is 1. The molecule has 2 aliphatic heterocycles. The van der Waals surface area contributed by atoms with Crippen molar-refractivity contribution in [3.63, 3.8) is 0 Å². The number of carbonyl (C=O) groups is 2. The van der Waals surface area contributed by atoms with Crippen LogP contribution in [0.1, 0.15) is 44.0 Å². The van der Waals surface area contributed by atoms with Gasteiger partial charge in [0.25, 0.3) is 0 Å². The van der Waals surface area contributed by atoms with E-state index in [1.165, 1.54) is 12.8 Å². The van der Waals surface area contributed by atoms with Crippen molar-refractivity contribution in [1.82, 2.24) is 19.4 Å². The van der Waals surface area contributed by atoms with Crippen LogP contribution >= 0.6 is 0 Å². The molecule has 0 spiro atoms. The highest BCUT2D eigenvalue weighted by molar-refractivity contribution is 5.89. The standard InChI is InChI=1S/C18H26N4O2/c1-13-19-6-8-22(13)16-3-2-7-20(12-16)18(24)15-9-17(23)21(11-15)10-14-4-5-14/h6,8,14-16H,2-5,7,9-12H2,1H3/t15-,16-/m1/s1. The minimum absolute atomic E-state index is 0.140. The first-order valence-corrected chi connectivity index (χ1v) is 9.18. The quantitative estimate of drug-likeness (QED) is 0.843. The van der Waals surface area contributed by atoms with Gasteiger partial charge in [-0.05, 0) is 38.5 Å². The molecule has 0 radical (unpaired) electrons. The van der Waals surface area contributed by atoms with E-state index in [4.69, 9.17) is 0 Å². The van der Waals surface area contributed by atoms with Gasteiger partial charge in [-0.3, -0.25) is 9.59 Å². The minimum atomic E-state index is -0.140. The number of imidazole rings is 1. The highest BCUT2D eigenvalue weighted by Gasteiger charge is 2.39. The number of hydrogen-bond donors (Lipinski definition) is 0. The van der Waals surface area contributed by atoms with Gasteiger partial charge < -0.3 is 14.4 Å². The molecule has 2 amide bonds. The van der Waals surface area contributed by atoms with Crippen molar-refractivity contribution in [1.29, 1.82) is 0 Å². The molecule has 2 saturated heterocycles. The Morgan fingerprint density at radius 2 is 2.12 bits per heavy atom. The van der Waals surface area contributed by atoms with Gasteiger partial charge in [0.2, 0.25) is 11.8 Å². The second-order valence-electron chi connectivity index (χ2n) is 7.61. The fourth-order valence-corrected chi connectivity index (χ4v) is 4.14. The molecule has 24 heavy (non-hydrogen) atoms. The summed E-state index contributed by atoms with van der Waals surface area (Å²) >= 11 is 0. The zero-order valence-corrected chi connectivity index (χ0v) is 14.4. The van der Waals surface area contributed by atoms with E-state index in [0.29, 0.717) is 24.9 Å². The summed E-state index contributed by atoms with van der Waals surface area (Å²) in [6.45, 7) is 5.05. The van der Waals surface area contributed by atoms with Crippen LogP contribution in [0.2, 0.25) is 0 Å². The number of rotatable bonds is 4. The maximum Gasteiger partial charge on any atom is 0.228 e. The fraction of sp³-hybridized carbons (Fsp3) is 0.722. The summed E-state index contributed by atoms with van der Waals surface area (Å²) in [6, 6.07) is 0.310. The smallest absolute Gasteiger partial charge is 0.228 e. The van der Waals surface area contributed by atoms with E-state index in [1.54, 1.807) is 0 Å². The molecule has 6 nitrogen and oxygen atoms in total. The van der Waals surface area contributed by atoms with E-state index in [9.17, 15) is 9.59 Å². The first-order valence-electron chi connectivity index (χ1n) is 9.18. The predicted octanol–water partition coefficient (Wildman–Crippen LogP) is 1.61. The van der Waals surface area contributed by atoms with E-state index < -0.39 is 0 Å². The number of nitrogens with zero attached hydrogens (tertiary/aromatic N) is 4. The van der Waals surface area contributed by atoms with E-state index >= 15 is 0 Å². The van der Waals surface area contributed by atoms with Crippen LogP contribution in [0.15, 0.2) is 12.4 Å². The highest BCUT2D eigenvalue weighted by Crippen LogP contribution is 2.33. The SMILES string of the molecule is Cc1nccn1[C@@H]1CCCN(C(=O)[C@@H]2CC(=O)N(CC3CC3)C2)C1. The number of amides is 2. The molecular weight excluding hydrogens is 304 g/mol. The second-order valence-corrected chi connectivity index (χ2v) is 7.61. The molecule has 3 aliphatic rings. The Labute approximate surface area is 142 Å².